The van der Waals surface area contributed by atoms with Crippen LogP contribution in [0.25, 0.3) is 21.7 Å². The molecule has 0 bridgehead atoms. The number of para-hydroxylation sites is 1. The van der Waals surface area contributed by atoms with E-state index in [4.69, 9.17) is 0 Å². The molecule has 0 fully saturated rings. The van der Waals surface area contributed by atoms with Crippen molar-refractivity contribution in [2.75, 3.05) is 0 Å². The highest BCUT2D eigenvalue weighted by molar-refractivity contribution is 5.90. The number of rotatable bonds is 0. The Morgan fingerprint density at radius 1 is 0.778 bits per heavy atom. The van der Waals surface area contributed by atoms with E-state index in [0.29, 0.717) is 21.7 Å². The molecule has 0 unspecified atom stereocenters. The van der Waals surface area contributed by atoms with E-state index in [1.54, 1.807) is 43.4 Å². The predicted molar refractivity (Wildman–Crippen MR) is 73.0 cm³/mol. The first-order valence-corrected chi connectivity index (χ1v) is 5.71. The first-order chi connectivity index (χ1) is 8.70. The summed E-state index contributed by atoms with van der Waals surface area (Å²) in [5.41, 5.74) is 0.409. The Bertz CT molecular complexity index is 878. The maximum absolute atomic E-state index is 12.4. The number of hydrogen-bond acceptors (Lipinski definition) is 2. The molecule has 0 saturated heterocycles. The standard InChI is InChI=1S/C15H11NO2/c1-16-13-9-5-4-8-12(13)14(17)10-6-2-3-7-11(10)15(16)18/h2-9H,1H3. The van der Waals surface area contributed by atoms with Gasteiger partial charge in [-0.2, -0.15) is 0 Å². The van der Waals surface area contributed by atoms with Crippen molar-refractivity contribution in [1.82, 2.24) is 4.57 Å². The molecule has 0 amide bonds. The summed E-state index contributed by atoms with van der Waals surface area (Å²) >= 11 is 0. The summed E-state index contributed by atoms with van der Waals surface area (Å²) in [5.74, 6) is 0. The molecule has 18 heavy (non-hydrogen) atoms. The van der Waals surface area contributed by atoms with Crippen LogP contribution >= 0.6 is 0 Å². The molecule has 0 N–H and O–H groups in total. The number of fused-ring (bicyclic) bond motifs is 2. The highest BCUT2D eigenvalue weighted by Gasteiger charge is 2.07. The van der Waals surface area contributed by atoms with Crippen LogP contribution in [0.2, 0.25) is 0 Å². The van der Waals surface area contributed by atoms with E-state index < -0.39 is 0 Å². The van der Waals surface area contributed by atoms with Gasteiger partial charge in [-0.1, -0.05) is 30.3 Å². The molecule has 0 atom stereocenters. The molecule has 0 aliphatic rings. The molecule has 0 saturated carbocycles. The molecule has 0 spiro atoms. The SMILES string of the molecule is Cn1c(=O)c2ccccc2c(=O)c2ccccc21. The Labute approximate surface area is 103 Å². The molecule has 0 aliphatic carbocycles. The van der Waals surface area contributed by atoms with Gasteiger partial charge in [0.1, 0.15) is 0 Å². The molecule has 3 nitrogen and oxygen atoms in total. The number of aromatic nitrogens is 1. The Morgan fingerprint density at radius 3 is 2.06 bits per heavy atom. The van der Waals surface area contributed by atoms with Crippen molar-refractivity contribution in [3.63, 3.8) is 0 Å². The molecule has 2 aromatic carbocycles. The van der Waals surface area contributed by atoms with Gasteiger partial charge in [0.2, 0.25) is 0 Å². The van der Waals surface area contributed by atoms with E-state index in [1.807, 2.05) is 12.1 Å². The van der Waals surface area contributed by atoms with Gasteiger partial charge in [0.25, 0.3) is 5.56 Å². The van der Waals surface area contributed by atoms with Crippen molar-refractivity contribution < 1.29 is 0 Å². The number of benzene rings is 2. The molecular formula is C15H11NO2. The minimum absolute atomic E-state index is 0.0982. The zero-order valence-corrected chi connectivity index (χ0v) is 9.88. The topological polar surface area (TPSA) is 39.1 Å². The third kappa shape index (κ3) is 1.37. The summed E-state index contributed by atoms with van der Waals surface area (Å²) in [4.78, 5) is 24.8. The van der Waals surface area contributed by atoms with Crippen LogP contribution in [0, 0.1) is 0 Å². The van der Waals surface area contributed by atoms with Crippen LogP contribution in [0.4, 0.5) is 0 Å². The van der Waals surface area contributed by atoms with Gasteiger partial charge in [-0.15, -0.1) is 0 Å². The third-order valence-corrected chi connectivity index (χ3v) is 3.22. The summed E-state index contributed by atoms with van der Waals surface area (Å²) < 4.78 is 1.53. The van der Waals surface area contributed by atoms with E-state index in [-0.39, 0.29) is 11.0 Å². The molecule has 3 heteroatoms. The molecule has 0 radical (unpaired) electrons. The van der Waals surface area contributed by atoms with E-state index in [9.17, 15) is 9.59 Å². The van der Waals surface area contributed by atoms with Crippen molar-refractivity contribution in [3.8, 4) is 0 Å². The number of nitrogens with zero attached hydrogens (tertiary/aromatic N) is 1. The fourth-order valence-electron chi connectivity index (χ4n) is 2.26. The van der Waals surface area contributed by atoms with Gasteiger partial charge in [-0.05, 0) is 18.2 Å². The zero-order valence-electron chi connectivity index (χ0n) is 9.88. The van der Waals surface area contributed by atoms with Gasteiger partial charge >= 0.3 is 0 Å². The minimum atomic E-state index is -0.149. The summed E-state index contributed by atoms with van der Waals surface area (Å²) in [7, 11) is 1.69. The van der Waals surface area contributed by atoms with E-state index in [2.05, 4.69) is 0 Å². The third-order valence-electron chi connectivity index (χ3n) is 3.22. The lowest BCUT2D eigenvalue weighted by Crippen LogP contribution is -2.13. The summed E-state index contributed by atoms with van der Waals surface area (Å²) in [5, 5.41) is 1.50. The van der Waals surface area contributed by atoms with E-state index in [0.717, 1.165) is 0 Å². The molecule has 1 heterocycles. The van der Waals surface area contributed by atoms with Crippen LogP contribution in [-0.2, 0) is 7.05 Å². The van der Waals surface area contributed by atoms with Gasteiger partial charge in [-0.3, -0.25) is 9.59 Å². The average molecular weight is 237 g/mol. The van der Waals surface area contributed by atoms with Gasteiger partial charge in [-0.25, -0.2) is 0 Å². The largest absolute Gasteiger partial charge is 0.311 e. The quantitative estimate of drug-likeness (QED) is 0.600. The monoisotopic (exact) mass is 237 g/mol. The molecule has 3 aromatic rings. The predicted octanol–water partition coefficient (Wildman–Crippen LogP) is 2.05. The first kappa shape index (κ1) is 10.7. The lowest BCUT2D eigenvalue weighted by atomic mass is 10.1. The summed E-state index contributed by atoms with van der Waals surface area (Å²) in [6.45, 7) is 0. The normalized spacial score (nSPS) is 10.9. The number of hydrogen-bond donors (Lipinski definition) is 0. The van der Waals surface area contributed by atoms with Gasteiger partial charge in [0.15, 0.2) is 5.43 Å². The lowest BCUT2D eigenvalue weighted by Gasteiger charge is -1.97. The van der Waals surface area contributed by atoms with Crippen LogP contribution in [0.15, 0.2) is 58.1 Å². The molecule has 88 valence electrons. The van der Waals surface area contributed by atoms with Crippen molar-refractivity contribution in [3.05, 3.63) is 69.1 Å². The van der Waals surface area contributed by atoms with Crippen molar-refractivity contribution in [2.45, 2.75) is 0 Å². The number of aryl methyl sites for hydroxylation is 1. The second-order valence-corrected chi connectivity index (χ2v) is 4.26. The Hall–Kier alpha value is -2.42. The Morgan fingerprint density at radius 2 is 1.33 bits per heavy atom. The summed E-state index contributed by atoms with van der Waals surface area (Å²) in [6.07, 6.45) is 0. The fourth-order valence-corrected chi connectivity index (χ4v) is 2.26. The Kier molecular flexibility index (Phi) is 2.27. The van der Waals surface area contributed by atoms with Crippen molar-refractivity contribution in [1.29, 1.82) is 0 Å². The fraction of sp³-hybridized carbons (Fsp3) is 0.0667. The maximum atomic E-state index is 12.4. The van der Waals surface area contributed by atoms with Gasteiger partial charge in [0.05, 0.1) is 10.9 Å². The van der Waals surface area contributed by atoms with Crippen molar-refractivity contribution in [2.24, 2.45) is 7.05 Å². The van der Waals surface area contributed by atoms with Crippen LogP contribution in [-0.4, -0.2) is 4.57 Å². The van der Waals surface area contributed by atoms with Crippen LogP contribution in [0.1, 0.15) is 0 Å². The molecule has 1 aromatic heterocycles. The second kappa shape index (κ2) is 3.81. The Balaban J connectivity index is 2.84. The molecule has 0 aliphatic heterocycles. The van der Waals surface area contributed by atoms with Gasteiger partial charge < -0.3 is 4.57 Å². The van der Waals surface area contributed by atoms with Gasteiger partial charge in [0, 0.05) is 17.8 Å². The van der Waals surface area contributed by atoms with Crippen molar-refractivity contribution >= 4 is 21.7 Å². The first-order valence-electron chi connectivity index (χ1n) is 5.71. The minimum Gasteiger partial charge on any atom is -0.311 e. The smallest absolute Gasteiger partial charge is 0.258 e. The lowest BCUT2D eigenvalue weighted by molar-refractivity contribution is 0.921. The van der Waals surface area contributed by atoms with Crippen LogP contribution < -0.4 is 11.0 Å². The van der Waals surface area contributed by atoms with E-state index >= 15 is 0 Å². The molecule has 3 rings (SSSR count). The van der Waals surface area contributed by atoms with E-state index in [1.165, 1.54) is 4.57 Å². The summed E-state index contributed by atoms with van der Waals surface area (Å²) in [6, 6.07) is 14.1. The van der Waals surface area contributed by atoms with Crippen LogP contribution in [0.3, 0.4) is 0 Å². The average Bonchev–Trinajstić information content (AvgIpc) is 2.51. The zero-order chi connectivity index (χ0) is 12.7. The highest BCUT2D eigenvalue weighted by atomic mass is 16.1. The maximum Gasteiger partial charge on any atom is 0.258 e. The molecular weight excluding hydrogens is 226 g/mol. The highest BCUT2D eigenvalue weighted by Crippen LogP contribution is 2.10. The second-order valence-electron chi connectivity index (χ2n) is 4.26. The van der Waals surface area contributed by atoms with Crippen LogP contribution in [0.5, 0.6) is 0 Å².